The average molecular weight is 1020 g/mol. The minimum atomic E-state index is -1.59. The van der Waals surface area contributed by atoms with E-state index in [4.69, 9.17) is 18.9 Å². The van der Waals surface area contributed by atoms with Gasteiger partial charge in [-0.1, -0.05) is 69.3 Å². The number of amides is 3. The van der Waals surface area contributed by atoms with Crippen molar-refractivity contribution >= 4 is 34.6 Å². The second-order valence-electron chi connectivity index (χ2n) is 21.0. The zero-order valence-corrected chi connectivity index (χ0v) is 43.7. The lowest BCUT2D eigenvalue weighted by Crippen LogP contribution is -2.58. The predicted octanol–water partition coefficient (Wildman–Crippen LogP) is 8.30. The molecule has 7 atom stereocenters. The van der Waals surface area contributed by atoms with Gasteiger partial charge in [-0.2, -0.15) is 0 Å². The average Bonchev–Trinajstić information content (AvgIpc) is 4.04. The van der Waals surface area contributed by atoms with Gasteiger partial charge in [-0.25, -0.2) is 18.2 Å². The third kappa shape index (κ3) is 13.3. The number of aliphatic hydroxyl groups is 1. The Morgan fingerprint density at radius 3 is 2.25 bits per heavy atom. The van der Waals surface area contributed by atoms with Gasteiger partial charge in [-0.05, 0) is 93.2 Å². The fourth-order valence-electron chi connectivity index (χ4n) is 9.86. The number of nitrogens with zero attached hydrogens (tertiary/aromatic N) is 3. The van der Waals surface area contributed by atoms with Crippen molar-refractivity contribution in [1.29, 1.82) is 0 Å². The van der Waals surface area contributed by atoms with Gasteiger partial charge in [0.25, 0.3) is 0 Å². The molecule has 3 aliphatic rings. The van der Waals surface area contributed by atoms with Crippen molar-refractivity contribution < 1.29 is 51.6 Å². The monoisotopic (exact) mass is 1020 g/mol. The quantitative estimate of drug-likeness (QED) is 0.0696. The SMILES string of the molecule is Cc1ncsc1-c1ccc(CNC(=O)[C@@H]2C[C@@H](O)CN2C(=O)[C@@H](NC(=O)COCCO[C@@H](C)[C@H](C)OCCOc2cc(F)c([C@@H]3C4=C(C[C@@H](C)N3CC(C)(C)F)c3ccccc3C4)c(F)c2)C(C)(C)C)cc1. The fourth-order valence-corrected chi connectivity index (χ4v) is 10.7. The molecule has 3 amide bonds. The molecule has 0 unspecified atom stereocenters. The van der Waals surface area contributed by atoms with Crippen LogP contribution in [0.3, 0.4) is 0 Å². The lowest BCUT2D eigenvalue weighted by Gasteiger charge is -2.44. The van der Waals surface area contributed by atoms with E-state index < -0.39 is 76.9 Å². The molecule has 4 aromatic rings. The number of benzene rings is 3. The highest BCUT2D eigenvalue weighted by atomic mass is 32.1. The number of thiazole rings is 1. The van der Waals surface area contributed by atoms with E-state index in [9.17, 15) is 19.5 Å². The number of aryl methyl sites for hydroxylation is 1. The summed E-state index contributed by atoms with van der Waals surface area (Å²) in [6.07, 6.45) is -0.424. The maximum absolute atomic E-state index is 16.1. The lowest BCUT2D eigenvalue weighted by molar-refractivity contribution is -0.144. The predicted molar refractivity (Wildman–Crippen MR) is 271 cm³/mol. The number of ether oxygens (including phenoxy) is 4. The number of carbonyl (C=O) groups is 3. The van der Waals surface area contributed by atoms with E-state index in [2.05, 4.69) is 15.6 Å². The standard InChI is InChI=1S/C55H70F3N5O8S/c1-32-22-42-41-13-11-10-12-38(41)23-43(42)49(63(32)30-55(8,9)58)48-44(56)25-40(26-45(48)57)71-21-20-70-35(4)34(3)69-19-18-68-29-47(65)61-51(54(5,6)7)53(67)62-28-39(64)24-46(62)52(66)59-27-36-14-16-37(17-15-36)50-33(2)60-31-72-50/h10-17,25-26,31-32,34-35,39,46,49,51,64H,18-24,27-30H2,1-9H3,(H,59,66)(H,61,65)/t32-,34+,35+,39-,46+,49+,51-/m1/s1. The van der Waals surface area contributed by atoms with E-state index in [-0.39, 0.29) is 76.4 Å². The molecule has 0 bridgehead atoms. The number of likely N-dealkylation sites (tertiary alicyclic amines) is 1. The maximum Gasteiger partial charge on any atom is 0.246 e. The number of rotatable bonds is 21. The molecule has 0 saturated carbocycles. The Labute approximate surface area is 425 Å². The summed E-state index contributed by atoms with van der Waals surface area (Å²) in [7, 11) is 0. The molecule has 72 heavy (non-hydrogen) atoms. The minimum Gasteiger partial charge on any atom is -0.491 e. The number of fused-ring (bicyclic) bond motifs is 2. The van der Waals surface area contributed by atoms with E-state index in [0.717, 1.165) is 44.0 Å². The van der Waals surface area contributed by atoms with E-state index in [0.29, 0.717) is 12.8 Å². The molecule has 3 heterocycles. The summed E-state index contributed by atoms with van der Waals surface area (Å²) < 4.78 is 70.6. The number of aliphatic hydroxyl groups excluding tert-OH is 1. The molecule has 0 spiro atoms. The number of halogens is 3. The van der Waals surface area contributed by atoms with Crippen molar-refractivity contribution in [2.24, 2.45) is 5.41 Å². The molecular formula is C55H70F3N5O8S. The molecule has 390 valence electrons. The molecular weight excluding hydrogens is 948 g/mol. The summed E-state index contributed by atoms with van der Waals surface area (Å²) in [5.41, 5.74) is 6.38. The van der Waals surface area contributed by atoms with Gasteiger partial charge in [0.05, 0.1) is 60.3 Å². The van der Waals surface area contributed by atoms with Gasteiger partial charge in [0.15, 0.2) is 0 Å². The topological polar surface area (TPSA) is 152 Å². The van der Waals surface area contributed by atoms with E-state index in [1.807, 2.05) is 102 Å². The van der Waals surface area contributed by atoms with Crippen LogP contribution in [0, 0.1) is 24.0 Å². The van der Waals surface area contributed by atoms with Crippen LogP contribution in [0.4, 0.5) is 13.2 Å². The summed E-state index contributed by atoms with van der Waals surface area (Å²) in [5.74, 6) is -2.92. The van der Waals surface area contributed by atoms with Crippen molar-refractivity contribution in [3.05, 3.63) is 111 Å². The van der Waals surface area contributed by atoms with Crippen LogP contribution in [0.25, 0.3) is 16.0 Å². The van der Waals surface area contributed by atoms with Gasteiger partial charge in [0.1, 0.15) is 48.4 Å². The Morgan fingerprint density at radius 1 is 0.944 bits per heavy atom. The molecule has 1 aliphatic carbocycles. The molecule has 0 radical (unpaired) electrons. The van der Waals surface area contributed by atoms with Crippen LogP contribution in [0.5, 0.6) is 5.75 Å². The van der Waals surface area contributed by atoms with Crippen LogP contribution >= 0.6 is 11.3 Å². The molecule has 3 N–H and O–H groups in total. The molecule has 7 rings (SSSR count). The summed E-state index contributed by atoms with van der Waals surface area (Å²) >= 11 is 1.56. The zero-order chi connectivity index (χ0) is 52.1. The third-order valence-electron chi connectivity index (χ3n) is 13.7. The van der Waals surface area contributed by atoms with Crippen molar-refractivity contribution in [3.8, 4) is 16.2 Å². The van der Waals surface area contributed by atoms with Crippen molar-refractivity contribution in [1.82, 2.24) is 25.4 Å². The first-order chi connectivity index (χ1) is 34.1. The van der Waals surface area contributed by atoms with Gasteiger partial charge in [-0.15, -0.1) is 11.3 Å². The van der Waals surface area contributed by atoms with E-state index >= 15 is 13.2 Å². The summed E-state index contributed by atoms with van der Waals surface area (Å²) in [5, 5.41) is 16.3. The maximum atomic E-state index is 16.1. The first-order valence-corrected chi connectivity index (χ1v) is 25.7. The first kappa shape index (κ1) is 54.6. The van der Waals surface area contributed by atoms with Gasteiger partial charge in [0, 0.05) is 49.8 Å². The second kappa shape index (κ2) is 23.4. The number of β-amino-alcohol motifs (C(OH)–C–C–N with tert-alkyl or cyclic N) is 1. The third-order valence-corrected chi connectivity index (χ3v) is 14.6. The van der Waals surface area contributed by atoms with Crippen molar-refractivity contribution in [2.75, 3.05) is 46.1 Å². The zero-order valence-electron chi connectivity index (χ0n) is 42.9. The molecule has 17 heteroatoms. The first-order valence-electron chi connectivity index (χ1n) is 24.8. The normalized spacial score (nSPS) is 20.5. The lowest BCUT2D eigenvalue weighted by atomic mass is 9.84. The van der Waals surface area contributed by atoms with Crippen molar-refractivity contribution in [2.45, 2.75) is 136 Å². The number of hydrogen-bond donors (Lipinski definition) is 3. The van der Waals surface area contributed by atoms with Gasteiger partial charge >= 0.3 is 0 Å². The Kier molecular flexibility index (Phi) is 17.7. The number of carbonyl (C=O) groups excluding carboxylic acids is 3. The van der Waals surface area contributed by atoms with Crippen LogP contribution in [0.2, 0.25) is 0 Å². The number of nitrogens with one attached hydrogen (secondary N) is 2. The largest absolute Gasteiger partial charge is 0.491 e. The van der Waals surface area contributed by atoms with Crippen LogP contribution in [0.1, 0.15) is 102 Å². The van der Waals surface area contributed by atoms with Crippen LogP contribution < -0.4 is 15.4 Å². The van der Waals surface area contributed by atoms with E-state index in [1.165, 1.54) is 30.9 Å². The number of hydrogen-bond acceptors (Lipinski definition) is 11. The fraction of sp³-hybridized carbons (Fsp3) is 0.527. The molecule has 1 aromatic heterocycles. The highest BCUT2D eigenvalue weighted by molar-refractivity contribution is 7.13. The minimum absolute atomic E-state index is 0.00900. The van der Waals surface area contributed by atoms with Gasteiger partial charge in [-0.3, -0.25) is 19.3 Å². The molecule has 13 nitrogen and oxygen atoms in total. The van der Waals surface area contributed by atoms with Gasteiger partial charge in [0.2, 0.25) is 17.7 Å². The second-order valence-corrected chi connectivity index (χ2v) is 21.8. The summed E-state index contributed by atoms with van der Waals surface area (Å²) in [6.45, 7) is 16.1. The Balaban J connectivity index is 0.832. The summed E-state index contributed by atoms with van der Waals surface area (Å²) in [6, 6.07) is 15.3. The highest BCUT2D eigenvalue weighted by Gasteiger charge is 2.45. The number of aromatic nitrogens is 1. The van der Waals surface area contributed by atoms with Crippen LogP contribution in [-0.2, 0) is 41.6 Å². The van der Waals surface area contributed by atoms with Crippen LogP contribution in [-0.4, -0.2) is 126 Å². The Hall–Kier alpha value is -5.17. The Bertz CT molecular complexity index is 2560. The molecule has 3 aromatic carbocycles. The Morgan fingerprint density at radius 2 is 1.61 bits per heavy atom. The number of alkyl halides is 1. The summed E-state index contributed by atoms with van der Waals surface area (Å²) in [4.78, 5) is 49.2. The van der Waals surface area contributed by atoms with Crippen molar-refractivity contribution in [3.63, 3.8) is 0 Å². The van der Waals surface area contributed by atoms with Crippen LogP contribution in [0.15, 0.2) is 71.7 Å². The van der Waals surface area contributed by atoms with Gasteiger partial charge < -0.3 is 39.6 Å². The molecule has 1 fully saturated rings. The molecule has 1 saturated heterocycles. The van der Waals surface area contributed by atoms with E-state index in [1.54, 1.807) is 16.8 Å². The smallest absolute Gasteiger partial charge is 0.246 e. The molecule has 2 aliphatic heterocycles. The highest BCUT2D eigenvalue weighted by Crippen LogP contribution is 2.50.